The van der Waals surface area contributed by atoms with E-state index in [2.05, 4.69) is 0 Å². The molecule has 5 heteroatoms. The van der Waals surface area contributed by atoms with E-state index in [0.717, 1.165) is 0 Å². The minimum Gasteiger partial charge on any atom is -0.469 e. The number of esters is 1. The average molecular weight is 224 g/mol. The van der Waals surface area contributed by atoms with Crippen LogP contribution in [0.2, 0.25) is 0 Å². The quantitative estimate of drug-likeness (QED) is 0.764. The van der Waals surface area contributed by atoms with Gasteiger partial charge in [-0.1, -0.05) is 0 Å². The molecule has 1 aromatic heterocycles. The van der Waals surface area contributed by atoms with Crippen LogP contribution in [0.25, 0.3) is 0 Å². The lowest BCUT2D eigenvalue weighted by Gasteiger charge is -2.22. The van der Waals surface area contributed by atoms with Crippen LogP contribution in [0.4, 0.5) is 5.69 Å². The summed E-state index contributed by atoms with van der Waals surface area (Å²) in [6.45, 7) is 3.95. The Kier molecular flexibility index (Phi) is 3.37. The first-order chi connectivity index (χ1) is 7.36. The summed E-state index contributed by atoms with van der Waals surface area (Å²) in [5.74, 6) is -0.301. The van der Waals surface area contributed by atoms with Crippen molar-refractivity contribution in [1.29, 1.82) is 0 Å². The molecule has 1 rings (SSSR count). The van der Waals surface area contributed by atoms with Crippen LogP contribution in [-0.2, 0) is 16.1 Å². The Morgan fingerprint density at radius 1 is 1.56 bits per heavy atom. The molecule has 0 bridgehead atoms. The highest BCUT2D eigenvalue weighted by atomic mass is 16.5. The molecule has 0 aliphatic rings. The molecule has 0 amide bonds. The fourth-order valence-corrected chi connectivity index (χ4v) is 1.44. The molecule has 1 aromatic rings. The molecule has 0 unspecified atom stereocenters. The molecule has 0 spiro atoms. The van der Waals surface area contributed by atoms with Gasteiger partial charge in [0.1, 0.15) is 0 Å². The molecular weight excluding hydrogens is 208 g/mol. The number of aromatic nitrogens is 1. The zero-order valence-electron chi connectivity index (χ0n) is 9.69. The monoisotopic (exact) mass is 224 g/mol. The van der Waals surface area contributed by atoms with E-state index in [1.54, 1.807) is 24.6 Å². The summed E-state index contributed by atoms with van der Waals surface area (Å²) in [7, 11) is 1.35. The highest BCUT2D eigenvalue weighted by Crippen LogP contribution is 2.19. The molecule has 16 heavy (non-hydrogen) atoms. The van der Waals surface area contributed by atoms with E-state index in [0.29, 0.717) is 6.54 Å². The first-order valence-electron chi connectivity index (χ1n) is 4.91. The van der Waals surface area contributed by atoms with Gasteiger partial charge in [-0.2, -0.15) is 0 Å². The summed E-state index contributed by atoms with van der Waals surface area (Å²) in [6, 6.07) is 1.38. The Hall–Kier alpha value is -1.78. The van der Waals surface area contributed by atoms with Crippen LogP contribution >= 0.6 is 0 Å². The first-order valence-corrected chi connectivity index (χ1v) is 4.91. The SMILES string of the molecule is COC(=O)C(C)(C)Cn1ccc(=O)c(N)c1. The van der Waals surface area contributed by atoms with E-state index >= 15 is 0 Å². The Labute approximate surface area is 93.8 Å². The largest absolute Gasteiger partial charge is 0.469 e. The van der Waals surface area contributed by atoms with Gasteiger partial charge in [0.25, 0.3) is 0 Å². The van der Waals surface area contributed by atoms with E-state index in [4.69, 9.17) is 10.5 Å². The number of nitrogens with two attached hydrogens (primary N) is 1. The first kappa shape index (κ1) is 12.3. The van der Waals surface area contributed by atoms with Gasteiger partial charge in [0.15, 0.2) is 0 Å². The molecular formula is C11H16N2O3. The highest BCUT2D eigenvalue weighted by Gasteiger charge is 2.28. The molecule has 0 saturated carbocycles. The number of methoxy groups -OCH3 is 1. The van der Waals surface area contributed by atoms with Gasteiger partial charge in [-0.15, -0.1) is 0 Å². The number of carbonyl (C=O) groups excluding carboxylic acids is 1. The van der Waals surface area contributed by atoms with Crippen molar-refractivity contribution in [3.63, 3.8) is 0 Å². The molecule has 5 nitrogen and oxygen atoms in total. The topological polar surface area (TPSA) is 74.3 Å². The Balaban J connectivity index is 2.92. The van der Waals surface area contributed by atoms with Crippen molar-refractivity contribution in [3.05, 3.63) is 28.7 Å². The summed E-state index contributed by atoms with van der Waals surface area (Å²) in [5, 5.41) is 0. The second-order valence-corrected chi connectivity index (χ2v) is 4.31. The van der Waals surface area contributed by atoms with Crippen molar-refractivity contribution in [2.75, 3.05) is 12.8 Å². The third-order valence-corrected chi connectivity index (χ3v) is 2.32. The zero-order chi connectivity index (χ0) is 12.3. The number of hydrogen-bond acceptors (Lipinski definition) is 4. The maximum Gasteiger partial charge on any atom is 0.313 e. The maximum atomic E-state index is 11.5. The Morgan fingerprint density at radius 2 is 2.19 bits per heavy atom. The van der Waals surface area contributed by atoms with Crippen LogP contribution in [0.5, 0.6) is 0 Å². The second-order valence-electron chi connectivity index (χ2n) is 4.31. The molecule has 0 atom stereocenters. The fourth-order valence-electron chi connectivity index (χ4n) is 1.44. The molecule has 88 valence electrons. The zero-order valence-corrected chi connectivity index (χ0v) is 9.69. The van der Waals surface area contributed by atoms with Gasteiger partial charge in [0.2, 0.25) is 5.43 Å². The van der Waals surface area contributed by atoms with Gasteiger partial charge < -0.3 is 15.0 Å². The van der Waals surface area contributed by atoms with Crippen molar-refractivity contribution in [2.24, 2.45) is 5.41 Å². The third kappa shape index (κ3) is 2.62. The normalized spacial score (nSPS) is 11.2. The minimum atomic E-state index is -0.656. The predicted octanol–water partition coefficient (Wildman–Crippen LogP) is 0.630. The summed E-state index contributed by atoms with van der Waals surface area (Å²) < 4.78 is 6.40. The van der Waals surface area contributed by atoms with Crippen LogP contribution in [0.15, 0.2) is 23.3 Å². The lowest BCUT2D eigenvalue weighted by Crippen LogP contribution is -2.31. The average Bonchev–Trinajstić information content (AvgIpc) is 2.22. The standard InChI is InChI=1S/C11H16N2O3/c1-11(2,10(15)16-3)7-13-5-4-9(14)8(12)6-13/h4-6H,7,12H2,1-3H3. The number of nitrogen functional groups attached to an aromatic ring is 1. The number of hydrogen-bond donors (Lipinski definition) is 1. The fraction of sp³-hybridized carbons (Fsp3) is 0.455. The smallest absolute Gasteiger partial charge is 0.313 e. The highest BCUT2D eigenvalue weighted by molar-refractivity contribution is 5.75. The Bertz CT molecular complexity index is 449. The van der Waals surface area contributed by atoms with Crippen LogP contribution in [0.3, 0.4) is 0 Å². The van der Waals surface area contributed by atoms with E-state index in [1.807, 2.05) is 0 Å². The molecule has 0 radical (unpaired) electrons. The molecule has 0 aromatic carbocycles. The van der Waals surface area contributed by atoms with Gasteiger partial charge in [-0.25, -0.2) is 0 Å². The number of carbonyl (C=O) groups is 1. The number of rotatable bonds is 3. The number of ether oxygens (including phenoxy) is 1. The lowest BCUT2D eigenvalue weighted by molar-refractivity contribution is -0.151. The minimum absolute atomic E-state index is 0.170. The van der Waals surface area contributed by atoms with Gasteiger partial charge in [0.05, 0.1) is 18.2 Å². The van der Waals surface area contributed by atoms with Gasteiger partial charge in [-0.05, 0) is 13.8 Å². The van der Waals surface area contributed by atoms with Gasteiger partial charge in [-0.3, -0.25) is 9.59 Å². The summed E-state index contributed by atoms with van der Waals surface area (Å²) >= 11 is 0. The maximum absolute atomic E-state index is 11.5. The van der Waals surface area contributed by atoms with E-state index in [-0.39, 0.29) is 17.1 Å². The molecule has 2 N–H and O–H groups in total. The van der Waals surface area contributed by atoms with Crippen molar-refractivity contribution in [3.8, 4) is 0 Å². The van der Waals surface area contributed by atoms with Crippen LogP contribution in [0.1, 0.15) is 13.8 Å². The van der Waals surface area contributed by atoms with Crippen LogP contribution in [0, 0.1) is 5.41 Å². The second kappa shape index (κ2) is 4.38. The summed E-state index contributed by atoms with van der Waals surface area (Å²) in [4.78, 5) is 22.6. The predicted molar refractivity (Wildman–Crippen MR) is 60.9 cm³/mol. The van der Waals surface area contributed by atoms with Crippen molar-refractivity contribution < 1.29 is 9.53 Å². The Morgan fingerprint density at radius 3 is 2.69 bits per heavy atom. The molecule has 0 aliphatic heterocycles. The summed E-state index contributed by atoms with van der Waals surface area (Å²) in [6.07, 6.45) is 3.12. The van der Waals surface area contributed by atoms with Crippen molar-refractivity contribution in [2.45, 2.75) is 20.4 Å². The third-order valence-electron chi connectivity index (χ3n) is 2.32. The molecule has 0 fully saturated rings. The van der Waals surface area contributed by atoms with E-state index in [1.165, 1.54) is 19.4 Å². The van der Waals surface area contributed by atoms with E-state index < -0.39 is 5.41 Å². The molecule has 1 heterocycles. The van der Waals surface area contributed by atoms with E-state index in [9.17, 15) is 9.59 Å². The molecule has 0 saturated heterocycles. The number of pyridine rings is 1. The number of anilines is 1. The summed E-state index contributed by atoms with van der Waals surface area (Å²) in [5.41, 5.74) is 4.80. The number of nitrogens with zero attached hydrogens (tertiary/aromatic N) is 1. The lowest BCUT2D eigenvalue weighted by atomic mass is 9.93. The van der Waals surface area contributed by atoms with Gasteiger partial charge >= 0.3 is 5.97 Å². The van der Waals surface area contributed by atoms with Gasteiger partial charge in [0, 0.05) is 25.0 Å². The van der Waals surface area contributed by atoms with Crippen molar-refractivity contribution >= 4 is 11.7 Å². The molecule has 0 aliphatic carbocycles. The van der Waals surface area contributed by atoms with Crippen LogP contribution in [-0.4, -0.2) is 17.6 Å². The van der Waals surface area contributed by atoms with Crippen molar-refractivity contribution in [1.82, 2.24) is 4.57 Å². The van der Waals surface area contributed by atoms with Crippen LogP contribution < -0.4 is 11.2 Å².